The van der Waals surface area contributed by atoms with Crippen molar-refractivity contribution < 1.29 is 9.53 Å². The van der Waals surface area contributed by atoms with Gasteiger partial charge < -0.3 is 10.1 Å². The third-order valence-corrected chi connectivity index (χ3v) is 4.02. The van der Waals surface area contributed by atoms with Gasteiger partial charge in [0.15, 0.2) is 5.11 Å². The van der Waals surface area contributed by atoms with Crippen molar-refractivity contribution in [3.05, 3.63) is 65.3 Å². The highest BCUT2D eigenvalue weighted by atomic mass is 35.5. The summed E-state index contributed by atoms with van der Waals surface area (Å²) in [5, 5.41) is 7.14. The SMILES string of the molecule is COc1ccc(C(=O)NC(=S)Nc2cccc3cccnc23)cc1Cl. The highest BCUT2D eigenvalue weighted by Crippen LogP contribution is 2.25. The number of hydrogen-bond acceptors (Lipinski definition) is 4. The van der Waals surface area contributed by atoms with Gasteiger partial charge in [-0.05, 0) is 42.5 Å². The Morgan fingerprint density at radius 2 is 2.00 bits per heavy atom. The second-order valence-corrected chi connectivity index (χ2v) is 5.95. The van der Waals surface area contributed by atoms with Crippen LogP contribution in [0.15, 0.2) is 54.7 Å². The van der Waals surface area contributed by atoms with E-state index in [-0.39, 0.29) is 11.0 Å². The lowest BCUT2D eigenvalue weighted by atomic mass is 10.2. The van der Waals surface area contributed by atoms with Gasteiger partial charge in [-0.3, -0.25) is 15.1 Å². The molecule has 5 nitrogen and oxygen atoms in total. The van der Waals surface area contributed by atoms with Crippen molar-refractivity contribution in [1.29, 1.82) is 0 Å². The van der Waals surface area contributed by atoms with E-state index in [1.165, 1.54) is 13.2 Å². The molecule has 0 atom stereocenters. The zero-order valence-electron chi connectivity index (χ0n) is 13.2. The second-order valence-electron chi connectivity index (χ2n) is 5.14. The molecule has 0 aliphatic carbocycles. The van der Waals surface area contributed by atoms with Crippen LogP contribution in [-0.4, -0.2) is 23.1 Å². The van der Waals surface area contributed by atoms with Gasteiger partial charge in [0.25, 0.3) is 5.91 Å². The summed E-state index contributed by atoms with van der Waals surface area (Å²) < 4.78 is 5.07. The average Bonchev–Trinajstić information content (AvgIpc) is 2.62. The number of para-hydroxylation sites is 1. The Labute approximate surface area is 155 Å². The van der Waals surface area contributed by atoms with Gasteiger partial charge in [-0.1, -0.05) is 29.8 Å². The number of halogens is 1. The number of ether oxygens (including phenoxy) is 1. The standard InChI is InChI=1S/C18H14ClN3O2S/c1-24-15-8-7-12(10-13(15)19)17(23)22-18(25)21-14-6-2-4-11-5-3-9-20-16(11)14/h2-10H,1H3,(H2,21,22,23,25). The van der Waals surface area contributed by atoms with Gasteiger partial charge in [-0.15, -0.1) is 0 Å². The maximum atomic E-state index is 12.3. The molecule has 0 fully saturated rings. The van der Waals surface area contributed by atoms with E-state index in [1.807, 2.05) is 30.3 Å². The smallest absolute Gasteiger partial charge is 0.257 e. The third kappa shape index (κ3) is 3.87. The fourth-order valence-electron chi connectivity index (χ4n) is 2.34. The van der Waals surface area contributed by atoms with Crippen molar-refractivity contribution in [2.45, 2.75) is 0 Å². The molecule has 0 aliphatic rings. The van der Waals surface area contributed by atoms with Crippen LogP contribution >= 0.6 is 23.8 Å². The van der Waals surface area contributed by atoms with Crippen LogP contribution in [0.25, 0.3) is 10.9 Å². The number of rotatable bonds is 3. The summed E-state index contributed by atoms with van der Waals surface area (Å²) in [6, 6.07) is 14.3. The maximum Gasteiger partial charge on any atom is 0.257 e. The number of carbonyl (C=O) groups excluding carboxylic acids is 1. The fraction of sp³-hybridized carbons (Fsp3) is 0.0556. The molecule has 0 saturated heterocycles. The summed E-state index contributed by atoms with van der Waals surface area (Å²) in [5.74, 6) is 0.135. The number of anilines is 1. The Kier molecular flexibility index (Phi) is 5.11. The van der Waals surface area contributed by atoms with Crippen LogP contribution in [0.1, 0.15) is 10.4 Å². The summed E-state index contributed by atoms with van der Waals surface area (Å²) in [4.78, 5) is 16.6. The minimum absolute atomic E-state index is 0.176. The van der Waals surface area contributed by atoms with Gasteiger partial charge in [0.1, 0.15) is 5.75 Å². The number of fused-ring (bicyclic) bond motifs is 1. The minimum Gasteiger partial charge on any atom is -0.495 e. The van der Waals surface area contributed by atoms with Crippen LogP contribution < -0.4 is 15.4 Å². The van der Waals surface area contributed by atoms with E-state index < -0.39 is 0 Å². The molecule has 7 heteroatoms. The average molecular weight is 372 g/mol. The molecule has 3 rings (SSSR count). The molecule has 0 radical (unpaired) electrons. The lowest BCUT2D eigenvalue weighted by Gasteiger charge is -2.12. The first-order valence-corrected chi connectivity index (χ1v) is 8.17. The molecule has 0 unspecified atom stereocenters. The summed E-state index contributed by atoms with van der Waals surface area (Å²) in [7, 11) is 1.51. The van der Waals surface area contributed by atoms with Crippen LogP contribution in [0.3, 0.4) is 0 Å². The first-order valence-electron chi connectivity index (χ1n) is 7.38. The first kappa shape index (κ1) is 17.1. The summed E-state index contributed by atoms with van der Waals surface area (Å²) >= 11 is 11.3. The monoisotopic (exact) mass is 371 g/mol. The van der Waals surface area contributed by atoms with Crippen molar-refractivity contribution in [2.75, 3.05) is 12.4 Å². The van der Waals surface area contributed by atoms with Crippen LogP contribution in [0.2, 0.25) is 5.02 Å². The first-order chi connectivity index (χ1) is 12.1. The van der Waals surface area contributed by atoms with E-state index in [2.05, 4.69) is 15.6 Å². The summed E-state index contributed by atoms with van der Waals surface area (Å²) in [6.45, 7) is 0. The Morgan fingerprint density at radius 3 is 2.76 bits per heavy atom. The largest absolute Gasteiger partial charge is 0.495 e. The molecule has 25 heavy (non-hydrogen) atoms. The molecule has 2 aromatic carbocycles. The number of aromatic nitrogens is 1. The van der Waals surface area contributed by atoms with Gasteiger partial charge in [-0.25, -0.2) is 0 Å². The minimum atomic E-state index is -0.366. The number of thiocarbonyl (C=S) groups is 1. The van der Waals surface area contributed by atoms with Gasteiger partial charge in [-0.2, -0.15) is 0 Å². The van der Waals surface area contributed by atoms with Gasteiger partial charge in [0.05, 0.1) is 23.3 Å². The molecule has 0 aliphatic heterocycles. The van der Waals surface area contributed by atoms with E-state index >= 15 is 0 Å². The summed E-state index contributed by atoms with van der Waals surface area (Å²) in [5.41, 5.74) is 1.87. The molecule has 2 N–H and O–H groups in total. The highest BCUT2D eigenvalue weighted by molar-refractivity contribution is 7.80. The highest BCUT2D eigenvalue weighted by Gasteiger charge is 2.11. The third-order valence-electron chi connectivity index (χ3n) is 3.52. The van der Waals surface area contributed by atoms with E-state index in [0.29, 0.717) is 16.3 Å². The van der Waals surface area contributed by atoms with Gasteiger partial charge in [0.2, 0.25) is 0 Å². The number of benzene rings is 2. The van der Waals surface area contributed by atoms with Crippen molar-refractivity contribution in [1.82, 2.24) is 10.3 Å². The number of carbonyl (C=O) groups is 1. The molecule has 1 heterocycles. The zero-order chi connectivity index (χ0) is 17.8. The number of pyridine rings is 1. The van der Waals surface area contributed by atoms with Crippen molar-refractivity contribution >= 4 is 51.4 Å². The molecule has 126 valence electrons. The predicted molar refractivity (Wildman–Crippen MR) is 103 cm³/mol. The number of hydrogen-bond donors (Lipinski definition) is 2. The Balaban J connectivity index is 1.73. The van der Waals surface area contributed by atoms with E-state index in [0.717, 1.165) is 16.6 Å². The van der Waals surface area contributed by atoms with E-state index in [1.54, 1.807) is 18.3 Å². The molecule has 3 aromatic rings. The van der Waals surface area contributed by atoms with Crippen LogP contribution in [-0.2, 0) is 0 Å². The molecule has 0 bridgehead atoms. The lowest BCUT2D eigenvalue weighted by molar-refractivity contribution is 0.0977. The molecular weight excluding hydrogens is 358 g/mol. The second kappa shape index (κ2) is 7.46. The summed E-state index contributed by atoms with van der Waals surface area (Å²) in [6.07, 6.45) is 1.70. The fourth-order valence-corrected chi connectivity index (χ4v) is 2.80. The zero-order valence-corrected chi connectivity index (χ0v) is 14.8. The predicted octanol–water partition coefficient (Wildman–Crippen LogP) is 4.02. The Hall–Kier alpha value is -2.70. The molecule has 1 aromatic heterocycles. The molecule has 0 spiro atoms. The molecular formula is C18H14ClN3O2S. The number of nitrogens with zero attached hydrogens (tertiary/aromatic N) is 1. The normalized spacial score (nSPS) is 10.3. The quantitative estimate of drug-likeness (QED) is 0.681. The van der Waals surface area contributed by atoms with Crippen LogP contribution in [0.4, 0.5) is 5.69 Å². The lowest BCUT2D eigenvalue weighted by Crippen LogP contribution is -2.34. The number of methoxy groups -OCH3 is 1. The topological polar surface area (TPSA) is 63.2 Å². The van der Waals surface area contributed by atoms with E-state index in [4.69, 9.17) is 28.6 Å². The molecule has 0 saturated carbocycles. The number of amides is 1. The van der Waals surface area contributed by atoms with E-state index in [9.17, 15) is 4.79 Å². The molecule has 1 amide bonds. The van der Waals surface area contributed by atoms with Crippen molar-refractivity contribution in [2.24, 2.45) is 0 Å². The van der Waals surface area contributed by atoms with Crippen LogP contribution in [0.5, 0.6) is 5.75 Å². The van der Waals surface area contributed by atoms with Gasteiger partial charge in [0, 0.05) is 17.1 Å². The van der Waals surface area contributed by atoms with Crippen LogP contribution in [0, 0.1) is 0 Å². The Bertz CT molecular complexity index is 957. The van der Waals surface area contributed by atoms with Gasteiger partial charge >= 0.3 is 0 Å². The van der Waals surface area contributed by atoms with Crippen molar-refractivity contribution in [3.63, 3.8) is 0 Å². The Morgan fingerprint density at radius 1 is 1.20 bits per heavy atom. The van der Waals surface area contributed by atoms with Crippen molar-refractivity contribution in [3.8, 4) is 5.75 Å². The number of nitrogens with one attached hydrogen (secondary N) is 2. The maximum absolute atomic E-state index is 12.3.